The third kappa shape index (κ3) is 9.15. The minimum Gasteiger partial charge on any atom is -0.460 e. The highest BCUT2D eigenvalue weighted by atomic mass is 16.6. The normalized spacial score (nSPS) is 20.0. The molecule has 5 rings (SSSR count). The maximum atomic E-state index is 12.8. The van der Waals surface area contributed by atoms with Crippen molar-refractivity contribution in [3.63, 3.8) is 0 Å². The summed E-state index contributed by atoms with van der Waals surface area (Å²) in [6, 6.07) is 26.6. The molecule has 0 bridgehead atoms. The van der Waals surface area contributed by atoms with E-state index in [0.717, 1.165) is 50.0 Å². The molecule has 228 valence electrons. The molecule has 3 atom stereocenters. The molecule has 1 heterocycles. The van der Waals surface area contributed by atoms with Gasteiger partial charge in [-0.05, 0) is 74.6 Å². The molecule has 1 saturated carbocycles. The van der Waals surface area contributed by atoms with E-state index < -0.39 is 5.60 Å². The Labute approximate surface area is 255 Å². The third-order valence-corrected chi connectivity index (χ3v) is 8.16. The van der Waals surface area contributed by atoms with Gasteiger partial charge < -0.3 is 19.5 Å². The molecule has 7 heteroatoms. The lowest BCUT2D eigenvalue weighted by Gasteiger charge is -2.20. The molecule has 1 aliphatic heterocycles. The van der Waals surface area contributed by atoms with Crippen LogP contribution in [0.1, 0.15) is 51.2 Å². The van der Waals surface area contributed by atoms with Crippen molar-refractivity contribution in [2.45, 2.75) is 64.6 Å². The first-order valence-corrected chi connectivity index (χ1v) is 15.4. The van der Waals surface area contributed by atoms with Crippen LogP contribution in [0.2, 0.25) is 0 Å². The van der Waals surface area contributed by atoms with E-state index in [9.17, 15) is 9.59 Å². The second-order valence-electron chi connectivity index (χ2n) is 12.8. The summed E-state index contributed by atoms with van der Waals surface area (Å²) in [4.78, 5) is 27.1. The Balaban J connectivity index is 1.00. The van der Waals surface area contributed by atoms with E-state index in [0.29, 0.717) is 30.8 Å². The molecule has 3 aromatic carbocycles. The van der Waals surface area contributed by atoms with Crippen molar-refractivity contribution in [1.29, 1.82) is 0 Å². The summed E-state index contributed by atoms with van der Waals surface area (Å²) in [6.45, 7) is 9.62. The molecular formula is C36H44N2O5. The lowest BCUT2D eigenvalue weighted by molar-refractivity contribution is -0.156. The average Bonchev–Trinajstić information content (AvgIpc) is 3.51. The van der Waals surface area contributed by atoms with Crippen molar-refractivity contribution in [2.75, 3.05) is 26.3 Å². The summed E-state index contributed by atoms with van der Waals surface area (Å²) < 4.78 is 16.7. The number of nitrogens with one attached hydrogen (secondary N) is 1. The van der Waals surface area contributed by atoms with Crippen LogP contribution in [0, 0.1) is 11.8 Å². The Bertz CT molecular complexity index is 1340. The van der Waals surface area contributed by atoms with E-state index in [-0.39, 0.29) is 24.5 Å². The largest absolute Gasteiger partial charge is 0.460 e. The van der Waals surface area contributed by atoms with Gasteiger partial charge in [-0.2, -0.15) is 0 Å². The molecule has 0 unspecified atom stereocenters. The van der Waals surface area contributed by atoms with Crippen molar-refractivity contribution in [1.82, 2.24) is 10.2 Å². The van der Waals surface area contributed by atoms with E-state index in [1.165, 1.54) is 11.1 Å². The summed E-state index contributed by atoms with van der Waals surface area (Å²) in [7, 11) is 0. The fraction of sp³-hybridized carbons (Fsp3) is 0.444. The van der Waals surface area contributed by atoms with Crippen LogP contribution in [-0.4, -0.2) is 54.9 Å². The predicted octanol–water partition coefficient (Wildman–Crippen LogP) is 6.64. The number of nitrogens with zero attached hydrogens (tertiary/aromatic N) is 1. The number of ether oxygens (including phenoxy) is 3. The quantitative estimate of drug-likeness (QED) is 0.201. The molecule has 2 fully saturated rings. The highest BCUT2D eigenvalue weighted by Gasteiger charge is 2.41. The Morgan fingerprint density at radius 1 is 0.837 bits per heavy atom. The summed E-state index contributed by atoms with van der Waals surface area (Å²) in [5, 5.41) is 3.13. The first kappa shape index (κ1) is 30.8. The summed E-state index contributed by atoms with van der Waals surface area (Å²) in [5.41, 5.74) is 4.02. The molecule has 7 nitrogen and oxygen atoms in total. The minimum atomic E-state index is -0.459. The molecule has 0 radical (unpaired) electrons. The molecule has 0 spiro atoms. The van der Waals surface area contributed by atoms with Crippen molar-refractivity contribution in [2.24, 2.45) is 11.8 Å². The molecule has 43 heavy (non-hydrogen) atoms. The van der Waals surface area contributed by atoms with Gasteiger partial charge in [0.15, 0.2) is 0 Å². The van der Waals surface area contributed by atoms with Gasteiger partial charge in [0.05, 0.1) is 19.6 Å². The smallest absolute Gasteiger partial charge is 0.412 e. The van der Waals surface area contributed by atoms with Crippen LogP contribution in [0.3, 0.4) is 0 Å². The van der Waals surface area contributed by atoms with Gasteiger partial charge in [-0.3, -0.25) is 9.69 Å². The highest BCUT2D eigenvalue weighted by molar-refractivity contribution is 5.77. The zero-order valence-electron chi connectivity index (χ0n) is 25.6. The standard InChI is InChI=1S/C36H44N2O5/c1-36(2,3)43-34(39)18-20-41-19-17-26-13-15-27(16-14-26)23-38-24-29-21-31(22-30(29)25-38)37-35(40)42-33-12-8-7-11-32(33)28-9-5-4-6-10-28/h4-16,29-31H,17-25H2,1-3H3,(H,37,40)/t29-,30+,31+. The number of esters is 1. The molecule has 1 amide bonds. The van der Waals surface area contributed by atoms with Crippen molar-refractivity contribution in [3.8, 4) is 16.9 Å². The second-order valence-corrected chi connectivity index (χ2v) is 12.8. The molecule has 3 aromatic rings. The Hall–Kier alpha value is -3.68. The zero-order valence-corrected chi connectivity index (χ0v) is 25.6. The van der Waals surface area contributed by atoms with Crippen LogP contribution in [0.15, 0.2) is 78.9 Å². The van der Waals surface area contributed by atoms with Gasteiger partial charge in [-0.15, -0.1) is 0 Å². The maximum absolute atomic E-state index is 12.8. The van der Waals surface area contributed by atoms with Crippen LogP contribution in [0.25, 0.3) is 11.1 Å². The molecule has 1 N–H and O–H groups in total. The van der Waals surface area contributed by atoms with E-state index in [4.69, 9.17) is 14.2 Å². The van der Waals surface area contributed by atoms with Crippen LogP contribution >= 0.6 is 0 Å². The van der Waals surface area contributed by atoms with Gasteiger partial charge in [0.1, 0.15) is 11.4 Å². The van der Waals surface area contributed by atoms with Crippen molar-refractivity contribution < 1.29 is 23.8 Å². The van der Waals surface area contributed by atoms with Crippen LogP contribution < -0.4 is 10.1 Å². The van der Waals surface area contributed by atoms with Crippen molar-refractivity contribution >= 4 is 12.1 Å². The lowest BCUT2D eigenvalue weighted by Crippen LogP contribution is -2.36. The zero-order chi connectivity index (χ0) is 30.2. The third-order valence-electron chi connectivity index (χ3n) is 8.16. The van der Waals surface area contributed by atoms with Crippen LogP contribution in [-0.2, 0) is 27.2 Å². The monoisotopic (exact) mass is 584 g/mol. The van der Waals surface area contributed by atoms with Crippen LogP contribution in [0.4, 0.5) is 4.79 Å². The highest BCUT2D eigenvalue weighted by Crippen LogP contribution is 2.39. The SMILES string of the molecule is CC(C)(C)OC(=O)CCOCCc1ccc(CN2C[C@H]3C[C@H](NC(=O)Oc4ccccc4-c4ccccc4)C[C@H]3C2)cc1. The van der Waals surface area contributed by atoms with Gasteiger partial charge in [0.25, 0.3) is 0 Å². The van der Waals surface area contributed by atoms with Gasteiger partial charge in [-0.25, -0.2) is 4.79 Å². The van der Waals surface area contributed by atoms with E-state index in [2.05, 4.69) is 34.5 Å². The first-order chi connectivity index (χ1) is 20.7. The first-order valence-electron chi connectivity index (χ1n) is 15.4. The number of rotatable bonds is 11. The van der Waals surface area contributed by atoms with Crippen molar-refractivity contribution in [3.05, 3.63) is 90.0 Å². The lowest BCUT2D eigenvalue weighted by atomic mass is 10.0. The maximum Gasteiger partial charge on any atom is 0.412 e. The fourth-order valence-corrected chi connectivity index (χ4v) is 6.26. The molecule has 0 aromatic heterocycles. The van der Waals surface area contributed by atoms with Gasteiger partial charge in [0, 0.05) is 31.2 Å². The number of benzene rings is 3. The molecule has 1 aliphatic carbocycles. The van der Waals surface area contributed by atoms with Gasteiger partial charge in [0.2, 0.25) is 0 Å². The number of carbonyl (C=O) groups is 2. The predicted molar refractivity (Wildman–Crippen MR) is 168 cm³/mol. The number of carbonyl (C=O) groups excluding carboxylic acids is 2. The number of likely N-dealkylation sites (tertiary alicyclic amines) is 1. The topological polar surface area (TPSA) is 77.1 Å². The number of hydrogen-bond acceptors (Lipinski definition) is 6. The van der Waals surface area contributed by atoms with Gasteiger partial charge in [-0.1, -0.05) is 72.8 Å². The van der Waals surface area contributed by atoms with Crippen LogP contribution in [0.5, 0.6) is 5.75 Å². The molecule has 1 saturated heterocycles. The van der Waals surface area contributed by atoms with E-state index in [1.54, 1.807) is 0 Å². The number of para-hydroxylation sites is 1. The average molecular weight is 585 g/mol. The number of fused-ring (bicyclic) bond motifs is 1. The molecule has 2 aliphatic rings. The molecular weight excluding hydrogens is 540 g/mol. The number of hydrogen-bond donors (Lipinski definition) is 1. The number of amides is 1. The Morgan fingerprint density at radius 3 is 2.19 bits per heavy atom. The minimum absolute atomic E-state index is 0.152. The second kappa shape index (κ2) is 14.2. The van der Waals surface area contributed by atoms with E-state index >= 15 is 0 Å². The summed E-state index contributed by atoms with van der Waals surface area (Å²) >= 11 is 0. The Kier molecular flexibility index (Phi) is 10.2. The summed E-state index contributed by atoms with van der Waals surface area (Å²) in [5.74, 6) is 1.54. The summed E-state index contributed by atoms with van der Waals surface area (Å²) in [6.07, 6.45) is 2.70. The Morgan fingerprint density at radius 2 is 1.49 bits per heavy atom. The van der Waals surface area contributed by atoms with E-state index in [1.807, 2.05) is 75.4 Å². The van der Waals surface area contributed by atoms with Gasteiger partial charge >= 0.3 is 12.1 Å². The fourth-order valence-electron chi connectivity index (χ4n) is 6.26.